The second-order valence-corrected chi connectivity index (χ2v) is 3.53. The molecule has 2 rings (SSSR count). The van der Waals surface area contributed by atoms with Crippen LogP contribution < -0.4 is 5.73 Å². The molecule has 0 saturated carbocycles. The Morgan fingerprint density at radius 3 is 3.00 bits per heavy atom. The highest BCUT2D eigenvalue weighted by molar-refractivity contribution is 5.15. The Balaban J connectivity index is 2.04. The fourth-order valence-corrected chi connectivity index (χ4v) is 1.66. The summed E-state index contributed by atoms with van der Waals surface area (Å²) >= 11 is 0. The van der Waals surface area contributed by atoms with Gasteiger partial charge in [0.05, 0.1) is 17.7 Å². The van der Waals surface area contributed by atoms with Gasteiger partial charge in [0.25, 0.3) is 0 Å². The highest BCUT2D eigenvalue weighted by Crippen LogP contribution is 2.10. The van der Waals surface area contributed by atoms with E-state index in [2.05, 4.69) is 9.97 Å². The van der Waals surface area contributed by atoms with Gasteiger partial charge >= 0.3 is 0 Å². The van der Waals surface area contributed by atoms with E-state index < -0.39 is 0 Å². The molecule has 3 N–H and O–H groups in total. The van der Waals surface area contributed by atoms with Gasteiger partial charge in [0.15, 0.2) is 0 Å². The molecule has 2 aromatic heterocycles. The molecule has 0 aliphatic heterocycles. The first-order valence-corrected chi connectivity index (χ1v) is 5.06. The first-order chi connectivity index (χ1) is 7.29. The third-order valence-corrected chi connectivity index (χ3v) is 2.38. The number of aromatic amines is 1. The van der Waals surface area contributed by atoms with E-state index in [9.17, 15) is 0 Å². The van der Waals surface area contributed by atoms with Crippen LogP contribution in [0.25, 0.3) is 0 Å². The Kier molecular flexibility index (Phi) is 2.87. The lowest BCUT2D eigenvalue weighted by atomic mass is 10.2. The molecule has 0 fully saturated rings. The molecule has 4 heteroatoms. The topological polar surface area (TPSA) is 67.8 Å². The summed E-state index contributed by atoms with van der Waals surface area (Å²) in [6, 6.07) is 3.87. The number of rotatable bonds is 4. The first kappa shape index (κ1) is 9.98. The molecule has 0 atom stereocenters. The second-order valence-electron chi connectivity index (χ2n) is 3.53. The molecule has 0 radical (unpaired) electrons. The van der Waals surface area contributed by atoms with Crippen molar-refractivity contribution in [1.82, 2.24) is 9.97 Å². The SMILES string of the molecule is Cc1nc(CCc2ccco2)c(CN)[nH]1. The van der Waals surface area contributed by atoms with Crippen LogP contribution in [0, 0.1) is 6.92 Å². The zero-order valence-corrected chi connectivity index (χ0v) is 8.79. The van der Waals surface area contributed by atoms with Crippen LogP contribution in [0.15, 0.2) is 22.8 Å². The van der Waals surface area contributed by atoms with E-state index >= 15 is 0 Å². The predicted octanol–water partition coefficient (Wildman–Crippen LogP) is 1.56. The summed E-state index contributed by atoms with van der Waals surface area (Å²) in [6.45, 7) is 2.45. The lowest BCUT2D eigenvalue weighted by Crippen LogP contribution is -2.02. The number of nitrogens with zero attached hydrogens (tertiary/aromatic N) is 1. The van der Waals surface area contributed by atoms with Crippen molar-refractivity contribution >= 4 is 0 Å². The molecule has 0 saturated heterocycles. The number of aryl methyl sites for hydroxylation is 3. The highest BCUT2D eigenvalue weighted by Gasteiger charge is 2.07. The smallest absolute Gasteiger partial charge is 0.104 e. The van der Waals surface area contributed by atoms with Crippen LogP contribution in [-0.4, -0.2) is 9.97 Å². The highest BCUT2D eigenvalue weighted by atomic mass is 16.3. The number of nitrogens with one attached hydrogen (secondary N) is 1. The van der Waals surface area contributed by atoms with E-state index in [4.69, 9.17) is 10.2 Å². The molecule has 0 unspecified atom stereocenters. The fourth-order valence-electron chi connectivity index (χ4n) is 1.66. The lowest BCUT2D eigenvalue weighted by molar-refractivity contribution is 0.507. The molecular formula is C11H15N3O. The van der Waals surface area contributed by atoms with E-state index in [1.165, 1.54) is 0 Å². The first-order valence-electron chi connectivity index (χ1n) is 5.06. The molecule has 0 aromatic carbocycles. The zero-order valence-electron chi connectivity index (χ0n) is 8.79. The van der Waals surface area contributed by atoms with Crippen LogP contribution in [0.5, 0.6) is 0 Å². The molecule has 0 aliphatic carbocycles. The average molecular weight is 205 g/mol. The maximum absolute atomic E-state index is 5.62. The summed E-state index contributed by atoms with van der Waals surface area (Å²) < 4.78 is 5.27. The van der Waals surface area contributed by atoms with Gasteiger partial charge in [-0.25, -0.2) is 4.98 Å². The molecule has 4 nitrogen and oxygen atoms in total. The number of aromatic nitrogens is 2. The van der Waals surface area contributed by atoms with Gasteiger partial charge in [-0.3, -0.25) is 0 Å². The maximum Gasteiger partial charge on any atom is 0.104 e. The van der Waals surface area contributed by atoms with Crippen LogP contribution in [-0.2, 0) is 19.4 Å². The van der Waals surface area contributed by atoms with Crippen molar-refractivity contribution in [3.8, 4) is 0 Å². The van der Waals surface area contributed by atoms with E-state index in [0.29, 0.717) is 6.54 Å². The number of hydrogen-bond acceptors (Lipinski definition) is 3. The second kappa shape index (κ2) is 4.31. The van der Waals surface area contributed by atoms with Gasteiger partial charge in [0, 0.05) is 13.0 Å². The summed E-state index contributed by atoms with van der Waals surface area (Å²) in [5.74, 6) is 1.91. The standard InChI is InChI=1S/C11H15N3O/c1-8-13-10(11(7-12)14-8)5-4-9-3-2-6-15-9/h2-3,6H,4-5,7,12H2,1H3,(H,13,14). The molecule has 0 bridgehead atoms. The predicted molar refractivity (Wildman–Crippen MR) is 57.3 cm³/mol. The summed E-state index contributed by atoms with van der Waals surface area (Å²) in [7, 11) is 0. The Labute approximate surface area is 88.5 Å². The third kappa shape index (κ3) is 2.27. The van der Waals surface area contributed by atoms with E-state index in [0.717, 1.165) is 35.8 Å². The minimum absolute atomic E-state index is 0.508. The van der Waals surface area contributed by atoms with Gasteiger partial charge in [0.2, 0.25) is 0 Å². The largest absolute Gasteiger partial charge is 0.469 e. The monoisotopic (exact) mass is 205 g/mol. The average Bonchev–Trinajstić information content (AvgIpc) is 2.83. The Bertz CT molecular complexity index is 417. The van der Waals surface area contributed by atoms with Gasteiger partial charge in [-0.15, -0.1) is 0 Å². The number of nitrogens with two attached hydrogens (primary N) is 1. The molecule has 80 valence electrons. The minimum atomic E-state index is 0.508. The molecule has 0 aliphatic rings. The normalized spacial score (nSPS) is 10.8. The quantitative estimate of drug-likeness (QED) is 0.795. The van der Waals surface area contributed by atoms with Gasteiger partial charge in [0.1, 0.15) is 11.6 Å². The zero-order chi connectivity index (χ0) is 10.7. The molecule has 2 heterocycles. The van der Waals surface area contributed by atoms with Gasteiger partial charge in [-0.1, -0.05) is 0 Å². The summed E-state index contributed by atoms with van der Waals surface area (Å²) in [5.41, 5.74) is 7.69. The minimum Gasteiger partial charge on any atom is -0.469 e. The maximum atomic E-state index is 5.62. The molecule has 2 aromatic rings. The van der Waals surface area contributed by atoms with Crippen LogP contribution in [0.3, 0.4) is 0 Å². The lowest BCUT2D eigenvalue weighted by Gasteiger charge is -1.97. The van der Waals surface area contributed by atoms with Crippen molar-refractivity contribution in [3.05, 3.63) is 41.4 Å². The number of furan rings is 1. The van der Waals surface area contributed by atoms with Gasteiger partial charge in [-0.05, 0) is 25.5 Å². The molecule has 15 heavy (non-hydrogen) atoms. The van der Waals surface area contributed by atoms with Gasteiger partial charge in [-0.2, -0.15) is 0 Å². The van der Waals surface area contributed by atoms with Crippen LogP contribution in [0.1, 0.15) is 23.0 Å². The summed E-state index contributed by atoms with van der Waals surface area (Å²) in [5, 5.41) is 0. The fraction of sp³-hybridized carbons (Fsp3) is 0.364. The third-order valence-electron chi connectivity index (χ3n) is 2.38. The molecule has 0 spiro atoms. The van der Waals surface area contributed by atoms with Crippen LogP contribution >= 0.6 is 0 Å². The Morgan fingerprint density at radius 1 is 1.47 bits per heavy atom. The van der Waals surface area contributed by atoms with E-state index in [-0.39, 0.29) is 0 Å². The van der Waals surface area contributed by atoms with Crippen molar-refractivity contribution in [3.63, 3.8) is 0 Å². The van der Waals surface area contributed by atoms with Crippen molar-refractivity contribution < 1.29 is 4.42 Å². The Morgan fingerprint density at radius 2 is 2.33 bits per heavy atom. The number of H-pyrrole nitrogens is 1. The van der Waals surface area contributed by atoms with E-state index in [1.54, 1.807) is 6.26 Å². The number of imidazole rings is 1. The van der Waals surface area contributed by atoms with Crippen LogP contribution in [0.4, 0.5) is 0 Å². The van der Waals surface area contributed by atoms with Gasteiger partial charge < -0.3 is 15.1 Å². The van der Waals surface area contributed by atoms with Crippen molar-refractivity contribution in [1.29, 1.82) is 0 Å². The van der Waals surface area contributed by atoms with Crippen LogP contribution in [0.2, 0.25) is 0 Å². The Hall–Kier alpha value is -1.55. The summed E-state index contributed by atoms with van der Waals surface area (Å²) in [6.07, 6.45) is 3.42. The molecule has 0 amide bonds. The molecular weight excluding hydrogens is 190 g/mol. The summed E-state index contributed by atoms with van der Waals surface area (Å²) in [4.78, 5) is 7.56. The van der Waals surface area contributed by atoms with Crippen molar-refractivity contribution in [2.75, 3.05) is 0 Å². The number of hydrogen-bond donors (Lipinski definition) is 2. The van der Waals surface area contributed by atoms with Crippen molar-refractivity contribution in [2.24, 2.45) is 5.73 Å². The van der Waals surface area contributed by atoms with Crippen molar-refractivity contribution in [2.45, 2.75) is 26.3 Å². The van der Waals surface area contributed by atoms with E-state index in [1.807, 2.05) is 19.1 Å².